The summed E-state index contributed by atoms with van der Waals surface area (Å²) in [6.45, 7) is 0. The molecule has 0 radical (unpaired) electrons. The molecule has 78 valence electrons. The highest BCUT2D eigenvalue weighted by atomic mass is 32.2. The van der Waals surface area contributed by atoms with Gasteiger partial charge in [-0.15, -0.1) is 0 Å². The van der Waals surface area contributed by atoms with Crippen LogP contribution < -0.4 is 10.7 Å². The van der Waals surface area contributed by atoms with E-state index in [4.69, 9.17) is 10.4 Å². The molecule has 1 rings (SSSR count). The summed E-state index contributed by atoms with van der Waals surface area (Å²) < 4.78 is 41.7. The zero-order chi connectivity index (χ0) is 10.8. The van der Waals surface area contributed by atoms with Crippen molar-refractivity contribution in [3.8, 4) is 0 Å². The van der Waals surface area contributed by atoms with Crippen molar-refractivity contribution >= 4 is 21.1 Å². The van der Waals surface area contributed by atoms with Crippen molar-refractivity contribution < 1.29 is 17.2 Å². The summed E-state index contributed by atoms with van der Waals surface area (Å²) in [4.78, 5) is 1.46. The van der Waals surface area contributed by atoms with Gasteiger partial charge in [-0.25, -0.2) is 12.6 Å². The third-order valence-electron chi connectivity index (χ3n) is 1.47. The molecule has 1 unspecified atom stereocenters. The number of hydrogen-bond acceptors (Lipinski definition) is 4. The average Bonchev–Trinajstić information content (AvgIpc) is 2.18. The van der Waals surface area contributed by atoms with Crippen LogP contribution in [0.1, 0.15) is 0 Å². The van der Waals surface area contributed by atoms with E-state index in [0.29, 0.717) is 0 Å². The van der Waals surface area contributed by atoms with Crippen LogP contribution in [0.2, 0.25) is 0 Å². The van der Waals surface area contributed by atoms with Crippen LogP contribution in [-0.4, -0.2) is 17.2 Å². The summed E-state index contributed by atoms with van der Waals surface area (Å²) in [5.41, 5.74) is 0. The summed E-state index contributed by atoms with van der Waals surface area (Å²) in [7, 11) is -3.77. The van der Waals surface area contributed by atoms with Gasteiger partial charge in [0.1, 0.15) is 0 Å². The second-order valence-corrected chi connectivity index (χ2v) is 5.03. The predicted octanol–water partition coefficient (Wildman–Crippen LogP) is -0.581. The largest absolute Gasteiger partial charge is 0.302 e. The van der Waals surface area contributed by atoms with Gasteiger partial charge in [0.25, 0.3) is 10.0 Å². The molecule has 0 amide bonds. The number of nitrogens with two attached hydrogens (primary N) is 1. The van der Waals surface area contributed by atoms with E-state index in [-0.39, 0.29) is 9.79 Å². The Morgan fingerprint density at radius 2 is 2.07 bits per heavy atom. The first-order valence-corrected chi connectivity index (χ1v) is 5.99. The second-order valence-electron chi connectivity index (χ2n) is 2.35. The quantitative estimate of drug-likeness (QED) is 0.369. The molecule has 0 fully saturated rings. The van der Waals surface area contributed by atoms with Gasteiger partial charge in [0.05, 0.1) is 9.79 Å². The molecular formula is C6H8N2O4S2. The van der Waals surface area contributed by atoms with Gasteiger partial charge in [0.2, 0.25) is 0 Å². The second kappa shape index (κ2) is 4.15. The highest BCUT2D eigenvalue weighted by Gasteiger charge is 2.12. The van der Waals surface area contributed by atoms with Gasteiger partial charge in [-0.05, 0) is 18.2 Å². The standard InChI is InChI=1S/C6H8N2O4S2/c7-8-14(11,12)6-3-1-2-5(4-6)13(9)10/h1-4,8H,7H2,(H,9,10). The molecule has 0 saturated carbocycles. The Morgan fingerprint density at radius 3 is 2.57 bits per heavy atom. The Balaban J connectivity index is 3.26. The van der Waals surface area contributed by atoms with E-state index in [1.165, 1.54) is 18.2 Å². The fraction of sp³-hybridized carbons (Fsp3) is 0. The van der Waals surface area contributed by atoms with Gasteiger partial charge in [-0.1, -0.05) is 6.07 Å². The molecule has 1 aromatic carbocycles. The van der Waals surface area contributed by atoms with Gasteiger partial charge in [0, 0.05) is 0 Å². The van der Waals surface area contributed by atoms with Crippen molar-refractivity contribution in [2.75, 3.05) is 0 Å². The van der Waals surface area contributed by atoms with Gasteiger partial charge < -0.3 is 4.55 Å². The molecule has 8 heteroatoms. The average molecular weight is 236 g/mol. The van der Waals surface area contributed by atoms with E-state index in [1.54, 1.807) is 4.83 Å². The van der Waals surface area contributed by atoms with E-state index in [0.717, 1.165) is 6.07 Å². The van der Waals surface area contributed by atoms with Crippen LogP contribution in [0.3, 0.4) is 0 Å². The Kier molecular flexibility index (Phi) is 3.34. The molecule has 14 heavy (non-hydrogen) atoms. The minimum absolute atomic E-state index is 0.00123. The fourth-order valence-corrected chi connectivity index (χ4v) is 1.99. The Labute approximate surface area is 83.4 Å². The van der Waals surface area contributed by atoms with Gasteiger partial charge in [0.15, 0.2) is 11.1 Å². The van der Waals surface area contributed by atoms with Crippen LogP contribution in [0, 0.1) is 0 Å². The molecule has 0 bridgehead atoms. The van der Waals surface area contributed by atoms with E-state index in [1.807, 2.05) is 0 Å². The van der Waals surface area contributed by atoms with Gasteiger partial charge in [-0.3, -0.25) is 5.84 Å². The molecule has 4 N–H and O–H groups in total. The molecular weight excluding hydrogens is 228 g/mol. The monoisotopic (exact) mass is 236 g/mol. The SMILES string of the molecule is NNS(=O)(=O)c1cccc(S(=O)O)c1. The van der Waals surface area contributed by atoms with Gasteiger partial charge in [-0.2, -0.15) is 4.83 Å². The van der Waals surface area contributed by atoms with Crippen LogP contribution in [0.5, 0.6) is 0 Å². The fourth-order valence-electron chi connectivity index (χ4n) is 0.818. The molecule has 1 atom stereocenters. The van der Waals surface area contributed by atoms with E-state index < -0.39 is 21.1 Å². The van der Waals surface area contributed by atoms with Crippen molar-refractivity contribution in [1.82, 2.24) is 4.83 Å². The highest BCUT2D eigenvalue weighted by Crippen LogP contribution is 2.12. The van der Waals surface area contributed by atoms with E-state index >= 15 is 0 Å². The molecule has 1 aromatic rings. The first-order valence-electron chi connectivity index (χ1n) is 3.40. The lowest BCUT2D eigenvalue weighted by atomic mass is 10.4. The number of sulfonamides is 1. The maximum absolute atomic E-state index is 11.2. The third-order valence-corrected chi connectivity index (χ3v) is 3.31. The lowest BCUT2D eigenvalue weighted by Gasteiger charge is -2.02. The molecule has 0 aromatic heterocycles. The molecule has 0 heterocycles. The van der Waals surface area contributed by atoms with Crippen LogP contribution in [0.25, 0.3) is 0 Å². The lowest BCUT2D eigenvalue weighted by molar-refractivity contribution is 0.564. The molecule has 0 aliphatic rings. The zero-order valence-corrected chi connectivity index (χ0v) is 8.51. The molecule has 0 saturated heterocycles. The summed E-state index contributed by atoms with van der Waals surface area (Å²) in [5.74, 6) is 4.79. The normalized spacial score (nSPS) is 13.9. The predicted molar refractivity (Wildman–Crippen MR) is 50.0 cm³/mol. The van der Waals surface area contributed by atoms with Crippen LogP contribution in [0.4, 0.5) is 0 Å². The Morgan fingerprint density at radius 1 is 1.43 bits per heavy atom. The first kappa shape index (κ1) is 11.3. The Bertz CT molecular complexity index is 457. The highest BCUT2D eigenvalue weighted by molar-refractivity contribution is 7.89. The van der Waals surface area contributed by atoms with E-state index in [2.05, 4.69) is 0 Å². The van der Waals surface area contributed by atoms with Crippen molar-refractivity contribution in [2.45, 2.75) is 9.79 Å². The smallest absolute Gasteiger partial charge is 0.253 e. The number of rotatable bonds is 3. The third kappa shape index (κ3) is 2.36. The topological polar surface area (TPSA) is 109 Å². The molecule has 0 aliphatic carbocycles. The Hall–Kier alpha value is -0.800. The van der Waals surface area contributed by atoms with Crippen LogP contribution in [-0.2, 0) is 21.1 Å². The lowest BCUT2D eigenvalue weighted by Crippen LogP contribution is -2.30. The maximum Gasteiger partial charge on any atom is 0.253 e. The maximum atomic E-state index is 11.2. The van der Waals surface area contributed by atoms with Gasteiger partial charge >= 0.3 is 0 Å². The summed E-state index contributed by atoms with van der Waals surface area (Å²) >= 11 is -2.21. The summed E-state index contributed by atoms with van der Waals surface area (Å²) in [5, 5.41) is 0. The minimum atomic E-state index is -3.77. The minimum Gasteiger partial charge on any atom is -0.302 e. The van der Waals surface area contributed by atoms with Crippen molar-refractivity contribution in [2.24, 2.45) is 5.84 Å². The molecule has 6 nitrogen and oxygen atoms in total. The van der Waals surface area contributed by atoms with Crippen molar-refractivity contribution in [3.05, 3.63) is 24.3 Å². The van der Waals surface area contributed by atoms with Crippen LogP contribution >= 0.6 is 0 Å². The van der Waals surface area contributed by atoms with Crippen molar-refractivity contribution in [1.29, 1.82) is 0 Å². The summed E-state index contributed by atoms with van der Waals surface area (Å²) in [6.07, 6.45) is 0. The summed E-state index contributed by atoms with van der Waals surface area (Å²) in [6, 6.07) is 5.04. The number of hydrogen-bond donors (Lipinski definition) is 3. The number of benzene rings is 1. The molecule has 0 spiro atoms. The first-order chi connectivity index (χ1) is 6.47. The number of nitrogens with one attached hydrogen (secondary N) is 1. The number of hydrazine groups is 1. The zero-order valence-electron chi connectivity index (χ0n) is 6.88. The van der Waals surface area contributed by atoms with Crippen LogP contribution in [0.15, 0.2) is 34.1 Å². The molecule has 0 aliphatic heterocycles. The van der Waals surface area contributed by atoms with Crippen molar-refractivity contribution in [3.63, 3.8) is 0 Å². The van der Waals surface area contributed by atoms with E-state index in [9.17, 15) is 12.6 Å².